The molecule has 0 spiro atoms. The lowest BCUT2D eigenvalue weighted by atomic mass is 10.1. The van der Waals surface area contributed by atoms with Gasteiger partial charge in [0.15, 0.2) is 6.10 Å². The number of nitrogens with one attached hydrogen (secondary N) is 1. The molecule has 0 aliphatic heterocycles. The fourth-order valence-corrected chi connectivity index (χ4v) is 2.22. The van der Waals surface area contributed by atoms with Crippen molar-refractivity contribution in [3.05, 3.63) is 59.2 Å². The smallest absolute Gasteiger partial charge is 0.265 e. The summed E-state index contributed by atoms with van der Waals surface area (Å²) in [5.74, 6) is -0.111. The van der Waals surface area contributed by atoms with Crippen molar-refractivity contribution in [2.75, 3.05) is 5.32 Å². The number of carbonyl (C=O) groups is 2. The molecule has 0 heterocycles. The molecule has 0 radical (unpaired) electrons. The minimum absolute atomic E-state index is 0.268. The number of hydrogen-bond donors (Lipinski definition) is 2. The number of anilines is 1. The van der Waals surface area contributed by atoms with Crippen molar-refractivity contribution in [3.63, 3.8) is 0 Å². The molecule has 2 aromatic carbocycles. The van der Waals surface area contributed by atoms with Gasteiger partial charge in [0.1, 0.15) is 5.75 Å². The van der Waals surface area contributed by atoms with Crippen molar-refractivity contribution in [1.82, 2.24) is 0 Å². The Morgan fingerprint density at radius 2 is 1.61 bits per heavy atom. The van der Waals surface area contributed by atoms with Gasteiger partial charge < -0.3 is 15.8 Å². The molecule has 0 unspecified atom stereocenters. The lowest BCUT2D eigenvalue weighted by Gasteiger charge is -2.15. The van der Waals surface area contributed by atoms with E-state index in [1.807, 2.05) is 32.0 Å². The maximum atomic E-state index is 12.2. The molecule has 5 nitrogen and oxygen atoms in total. The van der Waals surface area contributed by atoms with Gasteiger partial charge in [-0.2, -0.15) is 0 Å². The lowest BCUT2D eigenvalue weighted by molar-refractivity contribution is -0.122. The van der Waals surface area contributed by atoms with E-state index in [1.165, 1.54) is 0 Å². The molecule has 5 heteroatoms. The van der Waals surface area contributed by atoms with Gasteiger partial charge in [-0.05, 0) is 68.3 Å². The molecule has 0 fully saturated rings. The summed E-state index contributed by atoms with van der Waals surface area (Å²) in [6.07, 6.45) is -0.646. The Morgan fingerprint density at radius 3 is 2.13 bits per heavy atom. The van der Waals surface area contributed by atoms with Crippen molar-refractivity contribution >= 4 is 17.5 Å². The van der Waals surface area contributed by atoms with Crippen molar-refractivity contribution in [2.45, 2.75) is 26.9 Å². The first kappa shape index (κ1) is 16.5. The van der Waals surface area contributed by atoms with E-state index in [4.69, 9.17) is 10.5 Å². The molecule has 0 aromatic heterocycles. The summed E-state index contributed by atoms with van der Waals surface area (Å²) in [7, 11) is 0. The average Bonchev–Trinajstić information content (AvgIpc) is 2.46. The predicted octanol–water partition coefficient (Wildman–Crippen LogP) is 2.81. The fourth-order valence-electron chi connectivity index (χ4n) is 2.22. The highest BCUT2D eigenvalue weighted by atomic mass is 16.5. The molecule has 2 rings (SSSR count). The molecule has 2 aromatic rings. The Bertz CT molecular complexity index is 703. The molecule has 0 saturated carbocycles. The number of primary amides is 1. The van der Waals surface area contributed by atoms with Crippen LogP contribution < -0.4 is 15.8 Å². The zero-order chi connectivity index (χ0) is 17.0. The van der Waals surface area contributed by atoms with Gasteiger partial charge in [0.05, 0.1) is 0 Å². The molecule has 120 valence electrons. The van der Waals surface area contributed by atoms with E-state index in [0.29, 0.717) is 17.0 Å². The second kappa shape index (κ2) is 6.96. The van der Waals surface area contributed by atoms with Gasteiger partial charge in [-0.25, -0.2) is 0 Å². The summed E-state index contributed by atoms with van der Waals surface area (Å²) in [5, 5.41) is 2.74. The van der Waals surface area contributed by atoms with Crippen molar-refractivity contribution < 1.29 is 14.3 Å². The van der Waals surface area contributed by atoms with E-state index >= 15 is 0 Å². The third kappa shape index (κ3) is 4.57. The van der Waals surface area contributed by atoms with Crippen LogP contribution >= 0.6 is 0 Å². The molecule has 0 aliphatic carbocycles. The van der Waals surface area contributed by atoms with Gasteiger partial charge in [-0.3, -0.25) is 9.59 Å². The molecule has 0 saturated heterocycles. The number of hydrogen-bond acceptors (Lipinski definition) is 3. The Labute approximate surface area is 135 Å². The summed E-state index contributed by atoms with van der Waals surface area (Å²) >= 11 is 0. The second-order valence-corrected chi connectivity index (χ2v) is 5.51. The Hall–Kier alpha value is -2.82. The quantitative estimate of drug-likeness (QED) is 0.890. The minimum atomic E-state index is -0.646. The zero-order valence-corrected chi connectivity index (χ0v) is 13.4. The van der Waals surface area contributed by atoms with Crippen LogP contribution in [0.1, 0.15) is 28.4 Å². The number of benzene rings is 2. The zero-order valence-electron chi connectivity index (χ0n) is 13.4. The van der Waals surface area contributed by atoms with Crippen LogP contribution in [0, 0.1) is 13.8 Å². The SMILES string of the molecule is Cc1cc(C)cc(O[C@@H](C)C(=O)Nc2ccc(C(N)=O)cc2)c1. The maximum absolute atomic E-state index is 12.2. The largest absolute Gasteiger partial charge is 0.481 e. The molecule has 2 amide bonds. The number of rotatable bonds is 5. The maximum Gasteiger partial charge on any atom is 0.265 e. The first-order chi connectivity index (χ1) is 10.8. The van der Waals surface area contributed by atoms with Gasteiger partial charge in [-0.15, -0.1) is 0 Å². The first-order valence-electron chi connectivity index (χ1n) is 7.31. The van der Waals surface area contributed by atoms with Crippen LogP contribution in [0.3, 0.4) is 0 Å². The van der Waals surface area contributed by atoms with E-state index in [1.54, 1.807) is 31.2 Å². The Morgan fingerprint density at radius 1 is 1.04 bits per heavy atom. The van der Waals surface area contributed by atoms with Gasteiger partial charge in [-0.1, -0.05) is 6.07 Å². The predicted molar refractivity (Wildman–Crippen MR) is 89.6 cm³/mol. The Balaban J connectivity index is 2.00. The highest BCUT2D eigenvalue weighted by Gasteiger charge is 2.15. The molecular weight excluding hydrogens is 292 g/mol. The van der Waals surface area contributed by atoms with E-state index in [-0.39, 0.29) is 5.91 Å². The highest BCUT2D eigenvalue weighted by Crippen LogP contribution is 2.18. The van der Waals surface area contributed by atoms with Crippen LogP contribution in [0.2, 0.25) is 0 Å². The lowest BCUT2D eigenvalue weighted by Crippen LogP contribution is -2.30. The highest BCUT2D eigenvalue weighted by molar-refractivity contribution is 5.96. The number of nitrogens with two attached hydrogens (primary N) is 1. The van der Waals surface area contributed by atoms with Crippen LogP contribution in [0.4, 0.5) is 5.69 Å². The van der Waals surface area contributed by atoms with Crippen molar-refractivity contribution in [1.29, 1.82) is 0 Å². The molecule has 3 N–H and O–H groups in total. The minimum Gasteiger partial charge on any atom is -0.481 e. The summed E-state index contributed by atoms with van der Waals surface area (Å²) < 4.78 is 5.69. The summed E-state index contributed by atoms with van der Waals surface area (Å²) in [5.41, 5.74) is 8.30. The van der Waals surface area contributed by atoms with Crippen molar-refractivity contribution in [2.24, 2.45) is 5.73 Å². The normalized spacial score (nSPS) is 11.6. The number of carbonyl (C=O) groups excluding carboxylic acids is 2. The van der Waals surface area contributed by atoms with E-state index < -0.39 is 12.0 Å². The van der Waals surface area contributed by atoms with Crippen LogP contribution in [0.5, 0.6) is 5.75 Å². The summed E-state index contributed by atoms with van der Waals surface area (Å²) in [6.45, 7) is 5.64. The topological polar surface area (TPSA) is 81.4 Å². The summed E-state index contributed by atoms with van der Waals surface area (Å²) in [4.78, 5) is 23.2. The Kier molecular flexibility index (Phi) is 5.01. The number of amides is 2. The van der Waals surface area contributed by atoms with Gasteiger partial charge in [0, 0.05) is 11.3 Å². The average molecular weight is 312 g/mol. The van der Waals surface area contributed by atoms with E-state index in [9.17, 15) is 9.59 Å². The standard InChI is InChI=1S/C18H20N2O3/c1-11-8-12(2)10-16(9-11)23-13(3)18(22)20-15-6-4-14(5-7-15)17(19)21/h4-10,13H,1-3H3,(H2,19,21)(H,20,22)/t13-/m0/s1. The fraction of sp³-hybridized carbons (Fsp3) is 0.222. The third-order valence-electron chi connectivity index (χ3n) is 3.31. The van der Waals surface area contributed by atoms with Crippen LogP contribution in [-0.2, 0) is 4.79 Å². The van der Waals surface area contributed by atoms with E-state index in [0.717, 1.165) is 11.1 Å². The summed E-state index contributed by atoms with van der Waals surface area (Å²) in [6, 6.07) is 12.2. The molecular formula is C18H20N2O3. The molecule has 0 aliphatic rings. The van der Waals surface area contributed by atoms with Crippen LogP contribution in [0.15, 0.2) is 42.5 Å². The molecule has 1 atom stereocenters. The molecule has 23 heavy (non-hydrogen) atoms. The third-order valence-corrected chi connectivity index (χ3v) is 3.31. The van der Waals surface area contributed by atoms with Gasteiger partial charge in [0.2, 0.25) is 5.91 Å². The number of ether oxygens (including phenoxy) is 1. The second-order valence-electron chi connectivity index (χ2n) is 5.51. The van der Waals surface area contributed by atoms with Crippen molar-refractivity contribution in [3.8, 4) is 5.75 Å². The monoisotopic (exact) mass is 312 g/mol. The first-order valence-corrected chi connectivity index (χ1v) is 7.31. The van der Waals surface area contributed by atoms with E-state index in [2.05, 4.69) is 5.32 Å². The molecule has 0 bridgehead atoms. The van der Waals surface area contributed by atoms with Gasteiger partial charge in [0.25, 0.3) is 5.91 Å². The van der Waals surface area contributed by atoms with Gasteiger partial charge >= 0.3 is 0 Å². The number of aryl methyl sites for hydroxylation is 2. The van der Waals surface area contributed by atoms with Crippen LogP contribution in [-0.4, -0.2) is 17.9 Å². The van der Waals surface area contributed by atoms with Crippen LogP contribution in [0.25, 0.3) is 0 Å².